The third kappa shape index (κ3) is 3.96. The molecule has 1 atom stereocenters. The summed E-state index contributed by atoms with van der Waals surface area (Å²) in [7, 11) is 1.80. The van der Waals surface area contributed by atoms with E-state index in [1.807, 2.05) is 53.4 Å². The SMILES string of the molecule is CC(=O)N1CCCC1c1cc2[nH]c(-c3ccccn3)nc2cc1Oc1ccc(-c2nnnn2C)cc1. The van der Waals surface area contributed by atoms with Gasteiger partial charge in [-0.2, -0.15) is 0 Å². The van der Waals surface area contributed by atoms with Crippen LogP contribution in [0.4, 0.5) is 0 Å². The van der Waals surface area contributed by atoms with Gasteiger partial charge in [-0.05, 0) is 65.7 Å². The van der Waals surface area contributed by atoms with Crippen molar-refractivity contribution in [1.82, 2.24) is 40.1 Å². The van der Waals surface area contributed by atoms with E-state index < -0.39 is 0 Å². The molecule has 1 N–H and O–H groups in total. The summed E-state index contributed by atoms with van der Waals surface area (Å²) < 4.78 is 8.03. The number of imidazole rings is 1. The minimum atomic E-state index is -0.0625. The van der Waals surface area contributed by atoms with Crippen LogP contribution in [-0.4, -0.2) is 52.5 Å². The monoisotopic (exact) mass is 480 g/mol. The average molecular weight is 481 g/mol. The van der Waals surface area contributed by atoms with Crippen molar-refractivity contribution in [3.63, 3.8) is 0 Å². The molecule has 0 aliphatic carbocycles. The maximum Gasteiger partial charge on any atom is 0.219 e. The third-order valence-electron chi connectivity index (χ3n) is 6.50. The molecule has 4 heterocycles. The number of ether oxygens (including phenoxy) is 1. The van der Waals surface area contributed by atoms with Crippen LogP contribution in [0, 0.1) is 0 Å². The molecule has 36 heavy (non-hydrogen) atoms. The molecule has 1 saturated heterocycles. The van der Waals surface area contributed by atoms with Crippen molar-refractivity contribution in [3.05, 3.63) is 66.4 Å². The fourth-order valence-corrected chi connectivity index (χ4v) is 4.77. The van der Waals surface area contributed by atoms with E-state index in [4.69, 9.17) is 9.72 Å². The fourth-order valence-electron chi connectivity index (χ4n) is 4.77. The van der Waals surface area contributed by atoms with E-state index in [1.165, 1.54) is 0 Å². The first-order chi connectivity index (χ1) is 17.6. The van der Waals surface area contributed by atoms with Gasteiger partial charge >= 0.3 is 0 Å². The van der Waals surface area contributed by atoms with Crippen LogP contribution in [0.2, 0.25) is 0 Å². The molecule has 3 aromatic heterocycles. The van der Waals surface area contributed by atoms with Crippen LogP contribution in [0.3, 0.4) is 0 Å². The summed E-state index contributed by atoms with van der Waals surface area (Å²) in [6, 6.07) is 17.3. The zero-order valence-electron chi connectivity index (χ0n) is 19.9. The lowest BCUT2D eigenvalue weighted by Crippen LogP contribution is -2.28. The Morgan fingerprint density at radius 3 is 2.72 bits per heavy atom. The third-order valence-corrected chi connectivity index (χ3v) is 6.50. The second-order valence-electron chi connectivity index (χ2n) is 8.83. The lowest BCUT2D eigenvalue weighted by atomic mass is 10.0. The molecule has 0 saturated carbocycles. The van der Waals surface area contributed by atoms with Crippen molar-refractivity contribution in [1.29, 1.82) is 0 Å². The highest BCUT2D eigenvalue weighted by Crippen LogP contribution is 2.41. The van der Waals surface area contributed by atoms with Gasteiger partial charge in [0.25, 0.3) is 0 Å². The summed E-state index contributed by atoms with van der Waals surface area (Å²) in [5.41, 5.74) is 4.24. The van der Waals surface area contributed by atoms with Crippen LogP contribution in [-0.2, 0) is 11.8 Å². The summed E-state index contributed by atoms with van der Waals surface area (Å²) >= 11 is 0. The number of carbonyl (C=O) groups is 1. The molecule has 10 nitrogen and oxygen atoms in total. The molecule has 1 aliphatic heterocycles. The summed E-state index contributed by atoms with van der Waals surface area (Å²) in [6.45, 7) is 2.35. The molecule has 180 valence electrons. The highest BCUT2D eigenvalue weighted by molar-refractivity contribution is 5.82. The van der Waals surface area contributed by atoms with Crippen molar-refractivity contribution in [2.45, 2.75) is 25.8 Å². The van der Waals surface area contributed by atoms with E-state index in [2.05, 4.69) is 31.6 Å². The largest absolute Gasteiger partial charge is 0.457 e. The molecule has 1 unspecified atom stereocenters. The number of rotatable bonds is 5. The number of benzene rings is 2. The van der Waals surface area contributed by atoms with Gasteiger partial charge in [0.15, 0.2) is 11.6 Å². The van der Waals surface area contributed by atoms with Crippen molar-refractivity contribution >= 4 is 16.9 Å². The van der Waals surface area contributed by atoms with Gasteiger partial charge in [-0.15, -0.1) is 5.10 Å². The number of nitrogens with zero attached hydrogens (tertiary/aromatic N) is 7. The number of aryl methyl sites for hydroxylation is 1. The van der Waals surface area contributed by atoms with Gasteiger partial charge in [-0.3, -0.25) is 9.78 Å². The van der Waals surface area contributed by atoms with Gasteiger partial charge in [0.1, 0.15) is 17.2 Å². The number of fused-ring (bicyclic) bond motifs is 1. The maximum atomic E-state index is 12.4. The normalized spacial score (nSPS) is 15.5. The number of likely N-dealkylation sites (tertiary alicyclic amines) is 1. The highest BCUT2D eigenvalue weighted by atomic mass is 16.5. The van der Waals surface area contributed by atoms with Crippen molar-refractivity contribution in [3.8, 4) is 34.4 Å². The Hall–Kier alpha value is -4.60. The zero-order chi connectivity index (χ0) is 24.6. The number of H-pyrrole nitrogens is 1. The van der Waals surface area contributed by atoms with E-state index in [1.54, 1.807) is 24.9 Å². The van der Waals surface area contributed by atoms with Crippen molar-refractivity contribution in [2.24, 2.45) is 7.05 Å². The van der Waals surface area contributed by atoms with E-state index >= 15 is 0 Å². The van der Waals surface area contributed by atoms with E-state index in [0.29, 0.717) is 23.1 Å². The smallest absolute Gasteiger partial charge is 0.219 e. The van der Waals surface area contributed by atoms with Gasteiger partial charge in [-0.1, -0.05) is 6.07 Å². The number of aromatic amines is 1. The van der Waals surface area contributed by atoms with Crippen LogP contribution >= 0.6 is 0 Å². The number of tetrazole rings is 1. The maximum absolute atomic E-state index is 12.4. The minimum absolute atomic E-state index is 0.0592. The molecule has 0 radical (unpaired) electrons. The minimum Gasteiger partial charge on any atom is -0.457 e. The van der Waals surface area contributed by atoms with Gasteiger partial charge in [0.05, 0.1) is 17.1 Å². The number of aromatic nitrogens is 7. The van der Waals surface area contributed by atoms with E-state index in [0.717, 1.165) is 47.2 Å². The second-order valence-corrected chi connectivity index (χ2v) is 8.83. The topological polar surface area (TPSA) is 115 Å². The Kier molecular flexibility index (Phi) is 5.40. The molecule has 5 aromatic rings. The molecule has 1 amide bonds. The average Bonchev–Trinajstić information content (AvgIpc) is 3.64. The van der Waals surface area contributed by atoms with Gasteiger partial charge in [0, 0.05) is 43.9 Å². The Balaban J connectivity index is 1.41. The highest BCUT2D eigenvalue weighted by Gasteiger charge is 2.31. The summed E-state index contributed by atoms with van der Waals surface area (Å²) in [6.07, 6.45) is 3.57. The number of nitrogens with one attached hydrogen (secondary N) is 1. The quantitative estimate of drug-likeness (QED) is 0.399. The van der Waals surface area contributed by atoms with Crippen molar-refractivity contribution in [2.75, 3.05) is 6.54 Å². The zero-order valence-corrected chi connectivity index (χ0v) is 19.9. The Labute approximate surface area is 206 Å². The molecular weight excluding hydrogens is 456 g/mol. The van der Waals surface area contributed by atoms with E-state index in [-0.39, 0.29) is 11.9 Å². The molecule has 6 rings (SSSR count). The van der Waals surface area contributed by atoms with Crippen LogP contribution in [0.1, 0.15) is 31.4 Å². The first-order valence-corrected chi connectivity index (χ1v) is 11.8. The number of hydrogen-bond acceptors (Lipinski definition) is 7. The predicted molar refractivity (Wildman–Crippen MR) is 133 cm³/mol. The van der Waals surface area contributed by atoms with Crippen LogP contribution < -0.4 is 4.74 Å². The van der Waals surface area contributed by atoms with Crippen molar-refractivity contribution < 1.29 is 9.53 Å². The van der Waals surface area contributed by atoms with Crippen LogP contribution in [0.25, 0.3) is 33.9 Å². The Morgan fingerprint density at radius 1 is 1.14 bits per heavy atom. The Bertz CT molecular complexity index is 1540. The van der Waals surface area contributed by atoms with Crippen LogP contribution in [0.15, 0.2) is 60.8 Å². The molecule has 10 heteroatoms. The molecule has 0 bridgehead atoms. The number of hydrogen-bond donors (Lipinski definition) is 1. The molecular formula is C26H24N8O2. The van der Waals surface area contributed by atoms with E-state index in [9.17, 15) is 4.79 Å². The Morgan fingerprint density at radius 2 is 2.00 bits per heavy atom. The number of amides is 1. The standard InChI is InChI=1S/C26H24N8O2/c1-16(35)34-13-5-7-23(34)19-14-21-22(29-25(28-21)20-6-3-4-12-27-20)15-24(19)36-18-10-8-17(9-11-18)26-30-31-32-33(26)2/h3-4,6,8-12,14-15,23H,5,7,13H2,1-2H3,(H,28,29). The summed E-state index contributed by atoms with van der Waals surface area (Å²) in [4.78, 5) is 26.8. The molecule has 1 fully saturated rings. The molecule has 1 aliphatic rings. The predicted octanol–water partition coefficient (Wildman–Crippen LogP) is 4.29. The lowest BCUT2D eigenvalue weighted by molar-refractivity contribution is -0.129. The fraction of sp³-hybridized carbons (Fsp3) is 0.231. The second kappa shape index (κ2) is 8.88. The summed E-state index contributed by atoms with van der Waals surface area (Å²) in [5.74, 6) is 2.76. The molecule has 0 spiro atoms. The van der Waals surface area contributed by atoms with Gasteiger partial charge in [-0.25, -0.2) is 9.67 Å². The summed E-state index contributed by atoms with van der Waals surface area (Å²) in [5, 5.41) is 11.7. The molecule has 2 aromatic carbocycles. The first-order valence-electron chi connectivity index (χ1n) is 11.8. The van der Waals surface area contributed by atoms with Gasteiger partial charge in [0.2, 0.25) is 5.91 Å². The number of pyridine rings is 1. The number of carbonyl (C=O) groups excluding carboxylic acids is 1. The first kappa shape index (κ1) is 21.9. The lowest BCUT2D eigenvalue weighted by Gasteiger charge is -2.25. The van der Waals surface area contributed by atoms with Gasteiger partial charge < -0.3 is 14.6 Å². The van der Waals surface area contributed by atoms with Crippen LogP contribution in [0.5, 0.6) is 11.5 Å².